The molecule has 1 aliphatic rings. The summed E-state index contributed by atoms with van der Waals surface area (Å²) in [5, 5.41) is 3.98. The van der Waals surface area contributed by atoms with Crippen LogP contribution in [0.2, 0.25) is 0 Å². The first kappa shape index (κ1) is 37.6. The van der Waals surface area contributed by atoms with Gasteiger partial charge < -0.3 is 18.3 Å². The fourth-order valence-electron chi connectivity index (χ4n) is 10.4. The van der Waals surface area contributed by atoms with Crippen LogP contribution in [0.15, 0.2) is 205 Å². The minimum Gasteiger partial charge on any atom is -0.510 e. The number of rotatable bonds is 5. The Morgan fingerprint density at radius 2 is 1.27 bits per heavy atom. The molecule has 71 heavy (non-hydrogen) atoms. The van der Waals surface area contributed by atoms with Crippen molar-refractivity contribution in [1.29, 1.82) is 0 Å². The second kappa shape index (κ2) is 16.4. The van der Waals surface area contributed by atoms with Gasteiger partial charge in [-0.25, -0.2) is 4.98 Å². The van der Waals surface area contributed by atoms with Gasteiger partial charge in [-0.1, -0.05) is 165 Å². The molecule has 4 aromatic heterocycles. The first-order chi connectivity index (χ1) is 36.4. The van der Waals surface area contributed by atoms with Gasteiger partial charge in [0.05, 0.1) is 23.6 Å². The molecule has 1 aliphatic heterocycles. The maximum absolute atomic E-state index is 9.21. The largest absolute Gasteiger partial charge is 0.510 e. The molecule has 0 amide bonds. The zero-order valence-corrected chi connectivity index (χ0v) is 40.9. The molecule has 6 nitrogen and oxygen atoms in total. The van der Waals surface area contributed by atoms with E-state index in [1.807, 2.05) is 112 Å². The van der Waals surface area contributed by atoms with Crippen LogP contribution in [0.25, 0.3) is 116 Å². The van der Waals surface area contributed by atoms with E-state index in [0.29, 0.717) is 28.4 Å². The van der Waals surface area contributed by atoms with Crippen LogP contribution in [-0.4, -0.2) is 14.1 Å². The first-order valence-electron chi connectivity index (χ1n) is 25.8. The molecule has 0 saturated heterocycles. The van der Waals surface area contributed by atoms with Gasteiger partial charge >= 0.3 is 0 Å². The second-order valence-electron chi connectivity index (χ2n) is 18.7. The molecule has 0 spiro atoms. The number of ether oxygens (including phenoxy) is 1. The summed E-state index contributed by atoms with van der Waals surface area (Å²) in [5.74, 6) is 1.67. The molecule has 0 aliphatic carbocycles. The molecule has 0 saturated carbocycles. The van der Waals surface area contributed by atoms with Crippen molar-refractivity contribution in [3.05, 3.63) is 224 Å². The normalized spacial score (nSPS) is 13.0. The Balaban J connectivity index is 0.00000553. The van der Waals surface area contributed by atoms with Crippen molar-refractivity contribution < 1.29 is 41.6 Å². The smallest absolute Gasteiger partial charge is 0.268 e. The van der Waals surface area contributed by atoms with Gasteiger partial charge in [-0.05, 0) is 96.9 Å². The van der Waals surface area contributed by atoms with Gasteiger partial charge in [0.2, 0.25) is 0 Å². The standard InChI is InChI=1S/C64H42N4O2.Pt/c1-64(2,3)41-34-35-65-59(36-41)68-55-33-32-53-50-24-11-12-29-58(50)70-63(53)60(55)54-31-30-44(38-57(54)68)69-43-19-13-18-42(37-43)66-39-67-61-45(40-16-5-4-6-17-40)25-14-26-51(61)48-22-9-7-20-46(48)47-21-8-10-23-49(47)52-27-15-28-56(66)62(52)67;/h4-36H,1-3H3;/q-2;/i4D,5D,6D,16D,17D;. The van der Waals surface area contributed by atoms with E-state index in [4.69, 9.17) is 18.3 Å². The summed E-state index contributed by atoms with van der Waals surface area (Å²) < 4.78 is 63.8. The van der Waals surface area contributed by atoms with Gasteiger partial charge in [0, 0.05) is 55.1 Å². The summed E-state index contributed by atoms with van der Waals surface area (Å²) in [5.41, 5.74) is 13.4. The number of pyridine rings is 1. The summed E-state index contributed by atoms with van der Waals surface area (Å²) in [4.78, 5) is 4.93. The zero-order chi connectivity index (χ0) is 51.0. The molecular formula is C64H42N4O2Pt-2. The number of aromatic nitrogens is 4. The monoisotopic (exact) mass is 1100 g/mol. The quantitative estimate of drug-likeness (QED) is 0.127. The molecule has 0 N–H and O–H groups in total. The number of para-hydroxylation sites is 3. The molecule has 13 aromatic rings. The van der Waals surface area contributed by atoms with Crippen molar-refractivity contribution in [2.75, 3.05) is 0 Å². The maximum atomic E-state index is 9.21. The predicted octanol–water partition coefficient (Wildman–Crippen LogP) is 15.8. The summed E-state index contributed by atoms with van der Waals surface area (Å²) in [7, 11) is 0. The molecule has 7 heteroatoms. The molecule has 0 radical (unpaired) electrons. The van der Waals surface area contributed by atoms with Crippen LogP contribution in [0.3, 0.4) is 0 Å². The third-order valence-electron chi connectivity index (χ3n) is 13.6. The summed E-state index contributed by atoms with van der Waals surface area (Å²) >= 11 is 0. The number of hydrogen-bond acceptors (Lipinski definition) is 3. The van der Waals surface area contributed by atoms with E-state index in [-0.39, 0.29) is 44.1 Å². The average Bonchev–Trinajstić information content (AvgIpc) is 4.31. The average molecular weight is 1100 g/mol. The Morgan fingerprint density at radius 3 is 2.07 bits per heavy atom. The van der Waals surface area contributed by atoms with Crippen LogP contribution < -0.4 is 9.30 Å². The van der Waals surface area contributed by atoms with E-state index < -0.39 is 18.1 Å². The fourth-order valence-corrected chi connectivity index (χ4v) is 10.4. The number of imidazole rings is 1. The van der Waals surface area contributed by atoms with Crippen LogP contribution in [0.4, 0.5) is 0 Å². The number of hydrogen-bond donors (Lipinski definition) is 0. The second-order valence-corrected chi connectivity index (χ2v) is 18.7. The Kier molecular flexibility index (Phi) is 8.68. The SMILES string of the molecule is [2H]c1c([2H])c([2H])c(-c2cccc3c2-[n+]2[c-]n(-c4[c-]c(Oc5[c-]c6c(cc5)c5c7oc8ccccc8c7ccc5n6-c5cc(C(C)(C)C)ccn5)ccc4)c4cccc(c42)-c2ccccc2-c2ccccc2-3)c([2H])c1[2H].[Pt]. The van der Waals surface area contributed by atoms with Gasteiger partial charge in [-0.2, -0.15) is 18.2 Å². The summed E-state index contributed by atoms with van der Waals surface area (Å²) in [6, 6.07) is 60.1. The fraction of sp³-hybridized carbons (Fsp3) is 0.0625. The number of fused-ring (bicyclic) bond motifs is 14. The number of furan rings is 1. The molecule has 14 rings (SSSR count). The van der Waals surface area contributed by atoms with Crippen molar-refractivity contribution in [2.45, 2.75) is 26.2 Å². The topological polar surface area (TPSA) is 49.0 Å². The van der Waals surface area contributed by atoms with E-state index >= 15 is 0 Å². The van der Waals surface area contributed by atoms with E-state index in [2.05, 4.69) is 111 Å². The van der Waals surface area contributed by atoms with Crippen molar-refractivity contribution in [1.82, 2.24) is 14.1 Å². The Labute approximate surface area is 432 Å². The molecule has 0 atom stereocenters. The predicted molar refractivity (Wildman–Crippen MR) is 281 cm³/mol. The summed E-state index contributed by atoms with van der Waals surface area (Å²) in [6.07, 6.45) is 5.57. The Morgan fingerprint density at radius 1 is 0.606 bits per heavy atom. The van der Waals surface area contributed by atoms with E-state index in [1.165, 1.54) is 0 Å². The molecule has 0 unspecified atom stereocenters. The number of benzene rings is 9. The van der Waals surface area contributed by atoms with Crippen LogP contribution in [0.1, 0.15) is 33.2 Å². The van der Waals surface area contributed by atoms with Gasteiger partial charge in [0.1, 0.15) is 17.0 Å². The minimum absolute atomic E-state index is 0. The molecule has 5 heterocycles. The first-order valence-corrected chi connectivity index (χ1v) is 23.3. The van der Waals surface area contributed by atoms with E-state index in [0.717, 1.165) is 99.5 Å². The van der Waals surface area contributed by atoms with Crippen molar-refractivity contribution in [3.8, 4) is 73.2 Å². The van der Waals surface area contributed by atoms with Gasteiger partial charge in [-0.15, -0.1) is 24.3 Å². The third-order valence-corrected chi connectivity index (χ3v) is 13.6. The van der Waals surface area contributed by atoms with Gasteiger partial charge in [-0.3, -0.25) is 4.57 Å². The van der Waals surface area contributed by atoms with Crippen molar-refractivity contribution >= 4 is 54.8 Å². The van der Waals surface area contributed by atoms with Gasteiger partial charge in [0.15, 0.2) is 0 Å². The van der Waals surface area contributed by atoms with Crippen molar-refractivity contribution in [3.63, 3.8) is 0 Å². The zero-order valence-electron chi connectivity index (χ0n) is 43.6. The summed E-state index contributed by atoms with van der Waals surface area (Å²) in [6.45, 7) is 6.59. The van der Waals surface area contributed by atoms with Crippen molar-refractivity contribution in [2.24, 2.45) is 0 Å². The molecular weight excluding hydrogens is 1050 g/mol. The maximum Gasteiger partial charge on any atom is 0.268 e. The number of nitrogens with zero attached hydrogens (tertiary/aromatic N) is 4. The van der Waals surface area contributed by atoms with Crippen LogP contribution >= 0.6 is 0 Å². The molecule has 0 fully saturated rings. The van der Waals surface area contributed by atoms with E-state index in [9.17, 15) is 2.74 Å². The van der Waals surface area contributed by atoms with Crippen LogP contribution in [0.5, 0.6) is 11.5 Å². The van der Waals surface area contributed by atoms with Crippen LogP contribution in [-0.2, 0) is 26.5 Å². The molecule has 9 aromatic carbocycles. The van der Waals surface area contributed by atoms with E-state index in [1.54, 1.807) is 0 Å². The van der Waals surface area contributed by atoms with Gasteiger partial charge in [0.25, 0.3) is 6.33 Å². The minimum atomic E-state index is -0.451. The molecule has 342 valence electrons. The van der Waals surface area contributed by atoms with Crippen LogP contribution in [0, 0.1) is 18.5 Å². The third kappa shape index (κ3) is 6.73. The molecule has 0 bridgehead atoms. The Bertz CT molecular complexity index is 4560. The Hall–Kier alpha value is -8.31.